The molecule has 170 valence electrons. The molecule has 1 amide bonds. The highest BCUT2D eigenvalue weighted by atomic mass is 32.1. The van der Waals surface area contributed by atoms with Gasteiger partial charge < -0.3 is 14.4 Å². The number of carbonyl (C=O) groups excluding carboxylic acids is 1. The molecule has 1 atom stereocenters. The van der Waals surface area contributed by atoms with Crippen molar-refractivity contribution in [2.45, 2.75) is 32.5 Å². The number of nitrogens with zero attached hydrogens (tertiary/aromatic N) is 2. The van der Waals surface area contributed by atoms with Gasteiger partial charge in [-0.1, -0.05) is 18.3 Å². The summed E-state index contributed by atoms with van der Waals surface area (Å²) in [7, 11) is 0. The number of hydrogen-bond donors (Lipinski definition) is 1. The van der Waals surface area contributed by atoms with Crippen LogP contribution in [-0.2, 0) is 11.0 Å². The van der Waals surface area contributed by atoms with Gasteiger partial charge in [0.1, 0.15) is 17.6 Å². The number of amides is 1. The molecule has 0 aliphatic carbocycles. The van der Waals surface area contributed by atoms with Crippen molar-refractivity contribution in [3.8, 4) is 5.75 Å². The zero-order valence-electron chi connectivity index (χ0n) is 16.9. The number of aromatic nitrogens is 1. The fourth-order valence-corrected chi connectivity index (χ4v) is 4.25. The summed E-state index contributed by atoms with van der Waals surface area (Å²) < 4.78 is 60.0. The molecule has 0 fully saturated rings. The van der Waals surface area contributed by atoms with Gasteiger partial charge in [0.25, 0.3) is 5.91 Å². The van der Waals surface area contributed by atoms with Crippen molar-refractivity contribution >= 4 is 33.4 Å². The Morgan fingerprint density at radius 2 is 1.91 bits per heavy atom. The first kappa shape index (κ1) is 23.5. The summed E-state index contributed by atoms with van der Waals surface area (Å²) in [6.45, 7) is 3.84. The van der Waals surface area contributed by atoms with Crippen LogP contribution < -0.4 is 9.54 Å². The average Bonchev–Trinajstić information content (AvgIpc) is 3.04. The molecular formula is C21H18F4N2O4S. The summed E-state index contributed by atoms with van der Waals surface area (Å²) >= 11 is 0.978. The van der Waals surface area contributed by atoms with E-state index in [4.69, 9.17) is 4.74 Å². The van der Waals surface area contributed by atoms with Crippen LogP contribution in [0.2, 0.25) is 0 Å². The third kappa shape index (κ3) is 4.82. The Morgan fingerprint density at radius 3 is 2.50 bits per heavy atom. The minimum absolute atomic E-state index is 0.0364. The van der Waals surface area contributed by atoms with Gasteiger partial charge in [-0.3, -0.25) is 4.79 Å². The molecule has 32 heavy (non-hydrogen) atoms. The molecule has 1 heterocycles. The van der Waals surface area contributed by atoms with Crippen LogP contribution >= 0.6 is 11.3 Å². The Hall–Kier alpha value is -3.21. The van der Waals surface area contributed by atoms with Gasteiger partial charge in [0.15, 0.2) is 4.80 Å². The molecule has 1 unspecified atom stereocenters. The molecule has 3 rings (SSSR count). The number of carbonyl (C=O) groups is 2. The predicted molar refractivity (Wildman–Crippen MR) is 109 cm³/mol. The van der Waals surface area contributed by atoms with Crippen LogP contribution in [0.5, 0.6) is 5.75 Å². The molecule has 0 aliphatic rings. The van der Waals surface area contributed by atoms with Gasteiger partial charge in [-0.2, -0.15) is 18.2 Å². The molecule has 1 N–H and O–H groups in total. The van der Waals surface area contributed by atoms with Gasteiger partial charge in [-0.25, -0.2) is 9.18 Å². The Kier molecular flexibility index (Phi) is 6.68. The Balaban J connectivity index is 2.21. The number of halogens is 4. The van der Waals surface area contributed by atoms with Crippen LogP contribution in [-0.4, -0.2) is 28.2 Å². The lowest BCUT2D eigenvalue weighted by Crippen LogP contribution is -2.27. The number of hydrogen-bond acceptors (Lipinski definition) is 4. The Bertz CT molecular complexity index is 1250. The highest BCUT2D eigenvalue weighted by molar-refractivity contribution is 7.16. The molecule has 0 radical (unpaired) electrons. The Morgan fingerprint density at radius 1 is 1.19 bits per heavy atom. The van der Waals surface area contributed by atoms with Crippen LogP contribution in [0.4, 0.5) is 17.6 Å². The van der Waals surface area contributed by atoms with Gasteiger partial charge >= 0.3 is 12.1 Å². The lowest BCUT2D eigenvalue weighted by molar-refractivity contribution is -0.141. The van der Waals surface area contributed by atoms with E-state index in [0.29, 0.717) is 34.7 Å². The molecule has 0 saturated heterocycles. The molecule has 0 saturated carbocycles. The maximum absolute atomic E-state index is 13.7. The van der Waals surface area contributed by atoms with Crippen molar-refractivity contribution in [2.24, 2.45) is 4.99 Å². The summed E-state index contributed by atoms with van der Waals surface area (Å²) in [6, 6.07) is 5.28. The summed E-state index contributed by atoms with van der Waals surface area (Å²) in [4.78, 5) is 28.3. The van der Waals surface area contributed by atoms with E-state index in [1.165, 1.54) is 4.57 Å². The zero-order valence-corrected chi connectivity index (χ0v) is 17.8. The standard InChI is InChI=1S/C21H18F4N2O4S/c1-3-15(19(29)30)27-16-6-5-14(31-4-2)10-17(16)32-20(27)26-18(28)11-7-12(21(23,24)25)9-13(22)8-11/h5-10,15H,3-4H2,1-2H3,(H,29,30). The number of carboxylic acid groups (broad SMARTS) is 1. The number of carboxylic acids is 1. The molecule has 1 aromatic heterocycles. The van der Waals surface area contributed by atoms with Gasteiger partial charge in [0.2, 0.25) is 0 Å². The largest absolute Gasteiger partial charge is 0.494 e. The SMILES string of the molecule is CCOc1ccc2c(c1)sc(=NC(=O)c1cc(F)cc(C(F)(F)F)c1)n2C(CC)C(=O)O. The van der Waals surface area contributed by atoms with E-state index in [-0.39, 0.29) is 17.3 Å². The summed E-state index contributed by atoms with van der Waals surface area (Å²) in [5.41, 5.74) is -1.45. The first-order chi connectivity index (χ1) is 15.0. The first-order valence-corrected chi connectivity index (χ1v) is 10.3. The Labute approximate surface area is 183 Å². The molecule has 0 aliphatic heterocycles. The number of benzene rings is 2. The smallest absolute Gasteiger partial charge is 0.416 e. The molecule has 6 nitrogen and oxygen atoms in total. The topological polar surface area (TPSA) is 80.9 Å². The summed E-state index contributed by atoms with van der Waals surface area (Å²) in [5.74, 6) is -3.00. The van der Waals surface area contributed by atoms with Crippen LogP contribution in [0.1, 0.15) is 42.2 Å². The van der Waals surface area contributed by atoms with Crippen LogP contribution in [0, 0.1) is 5.82 Å². The maximum atomic E-state index is 13.7. The normalized spacial score (nSPS) is 13.4. The fourth-order valence-electron chi connectivity index (χ4n) is 3.16. The third-order valence-corrected chi connectivity index (χ3v) is 5.58. The van der Waals surface area contributed by atoms with E-state index in [2.05, 4.69) is 4.99 Å². The van der Waals surface area contributed by atoms with Crippen molar-refractivity contribution in [1.82, 2.24) is 4.57 Å². The van der Waals surface area contributed by atoms with Gasteiger partial charge in [-0.05, 0) is 49.7 Å². The minimum Gasteiger partial charge on any atom is -0.494 e. The van der Waals surface area contributed by atoms with E-state index < -0.39 is 41.0 Å². The molecule has 2 aromatic carbocycles. The van der Waals surface area contributed by atoms with Gasteiger partial charge in [0, 0.05) is 5.56 Å². The first-order valence-electron chi connectivity index (χ1n) is 9.52. The molecule has 11 heteroatoms. The lowest BCUT2D eigenvalue weighted by Gasteiger charge is -2.13. The second-order valence-corrected chi connectivity index (χ2v) is 7.73. The van der Waals surface area contributed by atoms with Gasteiger partial charge in [-0.15, -0.1) is 0 Å². The number of rotatable bonds is 6. The van der Waals surface area contributed by atoms with Crippen molar-refractivity contribution in [3.05, 3.63) is 58.1 Å². The molecular weight excluding hydrogens is 452 g/mol. The predicted octanol–water partition coefficient (Wildman–Crippen LogP) is 5.04. The zero-order chi connectivity index (χ0) is 23.6. The summed E-state index contributed by atoms with van der Waals surface area (Å²) in [6.07, 6.45) is -4.69. The van der Waals surface area contributed by atoms with E-state index in [0.717, 1.165) is 11.3 Å². The van der Waals surface area contributed by atoms with Crippen molar-refractivity contribution in [3.63, 3.8) is 0 Å². The monoisotopic (exact) mass is 470 g/mol. The van der Waals surface area contributed by atoms with Crippen molar-refractivity contribution < 1.29 is 37.0 Å². The third-order valence-electron chi connectivity index (χ3n) is 4.56. The van der Waals surface area contributed by atoms with E-state index in [9.17, 15) is 32.3 Å². The highest BCUT2D eigenvalue weighted by Gasteiger charge is 2.32. The summed E-state index contributed by atoms with van der Waals surface area (Å²) in [5, 5.41) is 9.64. The minimum atomic E-state index is -4.85. The van der Waals surface area contributed by atoms with Crippen LogP contribution in [0.15, 0.2) is 41.4 Å². The lowest BCUT2D eigenvalue weighted by atomic mass is 10.1. The van der Waals surface area contributed by atoms with E-state index in [1.54, 1.807) is 32.0 Å². The van der Waals surface area contributed by atoms with Gasteiger partial charge in [0.05, 0.1) is 22.4 Å². The van der Waals surface area contributed by atoms with Crippen LogP contribution in [0.25, 0.3) is 10.2 Å². The van der Waals surface area contributed by atoms with E-state index >= 15 is 0 Å². The quantitative estimate of drug-likeness (QED) is 0.512. The maximum Gasteiger partial charge on any atom is 0.416 e. The molecule has 3 aromatic rings. The number of ether oxygens (including phenoxy) is 1. The number of fused-ring (bicyclic) bond motifs is 1. The number of aliphatic carboxylic acids is 1. The van der Waals surface area contributed by atoms with Crippen molar-refractivity contribution in [1.29, 1.82) is 0 Å². The molecule has 0 spiro atoms. The van der Waals surface area contributed by atoms with Crippen LogP contribution in [0.3, 0.4) is 0 Å². The average molecular weight is 470 g/mol. The molecule has 0 bridgehead atoms. The highest BCUT2D eigenvalue weighted by Crippen LogP contribution is 2.31. The second-order valence-electron chi connectivity index (χ2n) is 6.72. The van der Waals surface area contributed by atoms with Crippen molar-refractivity contribution in [2.75, 3.05) is 6.61 Å². The van der Waals surface area contributed by atoms with E-state index in [1.807, 2.05) is 0 Å². The fraction of sp³-hybridized carbons (Fsp3) is 0.286. The number of thiazole rings is 1. The second kappa shape index (κ2) is 9.11. The number of alkyl halides is 3.